The maximum atomic E-state index is 10.6. The normalized spacial score (nSPS) is 10.3. The molecule has 0 fully saturated rings. The van der Waals surface area contributed by atoms with Crippen molar-refractivity contribution in [1.29, 1.82) is 0 Å². The molecule has 6 nitrogen and oxygen atoms in total. The zero-order valence-electron chi connectivity index (χ0n) is 15.3. The summed E-state index contributed by atoms with van der Waals surface area (Å²) >= 11 is 0. The van der Waals surface area contributed by atoms with Crippen LogP contribution in [0.1, 0.15) is 84.0 Å². The van der Waals surface area contributed by atoms with Crippen molar-refractivity contribution in [3.8, 4) is 0 Å². The Hall–Kier alpha value is -1.14. The predicted molar refractivity (Wildman–Crippen MR) is 97.9 cm³/mol. The molecule has 0 saturated carbocycles. The van der Waals surface area contributed by atoms with Crippen LogP contribution in [0.2, 0.25) is 0 Å². The summed E-state index contributed by atoms with van der Waals surface area (Å²) in [5.41, 5.74) is 10.6. The van der Waals surface area contributed by atoms with Gasteiger partial charge in [0.2, 0.25) is 0 Å². The Morgan fingerprint density at radius 2 is 1.08 bits per heavy atom. The fourth-order valence-corrected chi connectivity index (χ4v) is 2.30. The van der Waals surface area contributed by atoms with E-state index in [0.29, 0.717) is 6.42 Å². The van der Waals surface area contributed by atoms with Crippen molar-refractivity contribution in [2.45, 2.75) is 84.0 Å². The summed E-state index contributed by atoms with van der Waals surface area (Å²) in [6.45, 7) is 3.81. The molecule has 0 bridgehead atoms. The van der Waals surface area contributed by atoms with Crippen molar-refractivity contribution in [1.82, 2.24) is 0 Å². The van der Waals surface area contributed by atoms with Gasteiger partial charge >= 0.3 is 11.9 Å². The number of carboxylic acid groups (broad SMARTS) is 2. The van der Waals surface area contributed by atoms with E-state index in [9.17, 15) is 9.59 Å². The van der Waals surface area contributed by atoms with Gasteiger partial charge in [-0.3, -0.25) is 9.59 Å². The highest BCUT2D eigenvalue weighted by atomic mass is 16.4. The van der Waals surface area contributed by atoms with E-state index in [0.717, 1.165) is 38.8 Å². The Balaban J connectivity index is 0. The number of carbonyl (C=O) groups is 2. The zero-order chi connectivity index (χ0) is 18.6. The molecule has 0 amide bonds. The molecule has 144 valence electrons. The molecule has 0 aliphatic heterocycles. The fraction of sp³-hybridized carbons (Fsp3) is 0.889. The van der Waals surface area contributed by atoms with Crippen LogP contribution in [0.5, 0.6) is 0 Å². The fourth-order valence-electron chi connectivity index (χ4n) is 2.30. The smallest absolute Gasteiger partial charge is 0.317 e. The van der Waals surface area contributed by atoms with E-state index in [4.69, 9.17) is 21.7 Å². The third-order valence-electron chi connectivity index (χ3n) is 3.85. The summed E-state index contributed by atoms with van der Waals surface area (Å²) in [5.74, 6) is -3.67. The van der Waals surface area contributed by atoms with Gasteiger partial charge in [0.05, 0.1) is 0 Å². The maximum Gasteiger partial charge on any atom is 0.317 e. The van der Waals surface area contributed by atoms with E-state index < -0.39 is 17.9 Å². The third-order valence-corrected chi connectivity index (χ3v) is 3.85. The largest absolute Gasteiger partial charge is 0.481 e. The Morgan fingerprint density at radius 1 is 0.708 bits per heavy atom. The summed E-state index contributed by atoms with van der Waals surface area (Å²) in [7, 11) is 0. The van der Waals surface area contributed by atoms with Crippen LogP contribution < -0.4 is 11.5 Å². The van der Waals surface area contributed by atoms with Crippen LogP contribution in [0.25, 0.3) is 0 Å². The van der Waals surface area contributed by atoms with Gasteiger partial charge in [0.15, 0.2) is 5.92 Å². The molecule has 6 N–H and O–H groups in total. The van der Waals surface area contributed by atoms with Gasteiger partial charge in [-0.25, -0.2) is 0 Å². The standard InChI is InChI=1S/C12H22O4.C6H16N2/c1-2-3-4-5-6-7-8-9-10(11(13)14)12(15)16;7-5-3-1-2-4-6-8/h10H,2-9H2,1H3,(H,13,14)(H,15,16);1-8H2. The van der Waals surface area contributed by atoms with E-state index in [2.05, 4.69) is 6.92 Å². The van der Waals surface area contributed by atoms with Gasteiger partial charge in [-0.1, -0.05) is 64.7 Å². The summed E-state index contributed by atoms with van der Waals surface area (Å²) in [6.07, 6.45) is 12.6. The summed E-state index contributed by atoms with van der Waals surface area (Å²) in [5, 5.41) is 17.3. The highest BCUT2D eigenvalue weighted by molar-refractivity contribution is 5.92. The first-order chi connectivity index (χ1) is 11.5. The van der Waals surface area contributed by atoms with Crippen LogP contribution in [-0.2, 0) is 9.59 Å². The van der Waals surface area contributed by atoms with Gasteiger partial charge in [-0.15, -0.1) is 0 Å². The van der Waals surface area contributed by atoms with Crippen LogP contribution in [0.15, 0.2) is 0 Å². The second-order valence-corrected chi connectivity index (χ2v) is 6.13. The average Bonchev–Trinajstić information content (AvgIpc) is 2.54. The molecule has 0 rings (SSSR count). The monoisotopic (exact) mass is 346 g/mol. The van der Waals surface area contributed by atoms with E-state index in [-0.39, 0.29) is 6.42 Å². The quantitative estimate of drug-likeness (QED) is 0.266. The molecule has 0 atom stereocenters. The number of hydrogen-bond donors (Lipinski definition) is 4. The highest BCUT2D eigenvalue weighted by Gasteiger charge is 2.24. The molecule has 0 aliphatic carbocycles. The van der Waals surface area contributed by atoms with E-state index in [1.807, 2.05) is 0 Å². The molecule has 6 heteroatoms. The Kier molecular flexibility index (Phi) is 20.8. The lowest BCUT2D eigenvalue weighted by Crippen LogP contribution is -2.23. The lowest BCUT2D eigenvalue weighted by molar-refractivity contribution is -0.154. The number of unbranched alkanes of at least 4 members (excludes halogenated alkanes) is 9. The third kappa shape index (κ3) is 18.9. The van der Waals surface area contributed by atoms with Crippen molar-refractivity contribution in [3.63, 3.8) is 0 Å². The van der Waals surface area contributed by atoms with Gasteiger partial charge in [0, 0.05) is 0 Å². The van der Waals surface area contributed by atoms with Crippen LogP contribution in [0.4, 0.5) is 0 Å². The first-order valence-corrected chi connectivity index (χ1v) is 9.36. The molecule has 0 radical (unpaired) electrons. The van der Waals surface area contributed by atoms with Crippen LogP contribution in [0, 0.1) is 5.92 Å². The number of aliphatic carboxylic acids is 2. The van der Waals surface area contributed by atoms with Crippen LogP contribution in [0.3, 0.4) is 0 Å². The van der Waals surface area contributed by atoms with Crippen molar-refractivity contribution in [2.24, 2.45) is 17.4 Å². The molecule has 0 aromatic carbocycles. The molecule has 0 unspecified atom stereocenters. The first-order valence-electron chi connectivity index (χ1n) is 9.36. The van der Waals surface area contributed by atoms with Crippen molar-refractivity contribution < 1.29 is 19.8 Å². The zero-order valence-corrected chi connectivity index (χ0v) is 15.3. The molecule has 0 saturated heterocycles. The summed E-state index contributed by atoms with van der Waals surface area (Å²) in [4.78, 5) is 21.1. The number of rotatable bonds is 15. The molecule has 0 aliphatic rings. The van der Waals surface area contributed by atoms with Crippen LogP contribution >= 0.6 is 0 Å². The average molecular weight is 347 g/mol. The molecular formula is C18H38N2O4. The van der Waals surface area contributed by atoms with Gasteiger partial charge < -0.3 is 21.7 Å². The predicted octanol–water partition coefficient (Wildman–Crippen LogP) is 3.38. The Labute approximate surface area is 147 Å². The van der Waals surface area contributed by atoms with Crippen molar-refractivity contribution in [3.05, 3.63) is 0 Å². The molecule has 24 heavy (non-hydrogen) atoms. The highest BCUT2D eigenvalue weighted by Crippen LogP contribution is 2.13. The van der Waals surface area contributed by atoms with Gasteiger partial charge in [0.25, 0.3) is 0 Å². The summed E-state index contributed by atoms with van der Waals surface area (Å²) in [6, 6.07) is 0. The number of hydrogen-bond acceptors (Lipinski definition) is 4. The number of carboxylic acids is 2. The summed E-state index contributed by atoms with van der Waals surface area (Å²) < 4.78 is 0. The van der Waals surface area contributed by atoms with Gasteiger partial charge in [-0.05, 0) is 32.4 Å². The SMILES string of the molecule is CCCCCCCCCC(C(=O)O)C(=O)O.NCCCCCCN. The van der Waals surface area contributed by atoms with E-state index in [1.165, 1.54) is 38.5 Å². The first kappa shape index (κ1) is 25.1. The van der Waals surface area contributed by atoms with Crippen LogP contribution in [-0.4, -0.2) is 35.2 Å². The molecule has 0 spiro atoms. The maximum absolute atomic E-state index is 10.6. The minimum absolute atomic E-state index is 0.248. The Morgan fingerprint density at radius 3 is 1.46 bits per heavy atom. The van der Waals surface area contributed by atoms with Gasteiger partial charge in [-0.2, -0.15) is 0 Å². The second-order valence-electron chi connectivity index (χ2n) is 6.13. The molecule has 0 heterocycles. The molecule has 0 aromatic rings. The second kappa shape index (κ2) is 19.9. The van der Waals surface area contributed by atoms with Gasteiger partial charge in [0.1, 0.15) is 0 Å². The lowest BCUT2D eigenvalue weighted by Gasteiger charge is -2.06. The minimum Gasteiger partial charge on any atom is -0.481 e. The Bertz CT molecular complexity index is 279. The minimum atomic E-state index is -1.23. The van der Waals surface area contributed by atoms with Crippen molar-refractivity contribution >= 4 is 11.9 Å². The van der Waals surface area contributed by atoms with Crippen molar-refractivity contribution in [2.75, 3.05) is 13.1 Å². The molecule has 0 aromatic heterocycles. The van der Waals surface area contributed by atoms with E-state index >= 15 is 0 Å². The molecular weight excluding hydrogens is 308 g/mol. The van der Waals surface area contributed by atoms with E-state index in [1.54, 1.807) is 0 Å². The lowest BCUT2D eigenvalue weighted by atomic mass is 10.0. The topological polar surface area (TPSA) is 127 Å². The number of nitrogens with two attached hydrogens (primary N) is 2.